The Morgan fingerprint density at radius 1 is 0.250 bits per heavy atom. The quantitative estimate of drug-likeness (QED) is 0.354. The van der Waals surface area contributed by atoms with Gasteiger partial charge in [-0.2, -0.15) is 29.7 Å². The van der Waals surface area contributed by atoms with Crippen molar-refractivity contribution in [1.29, 1.82) is 0 Å². The summed E-state index contributed by atoms with van der Waals surface area (Å²) in [4.78, 5) is 0. The number of rotatable bonds is 0. The maximum Gasteiger partial charge on any atom is -0.153 e. The van der Waals surface area contributed by atoms with Gasteiger partial charge in [0, 0.05) is 0 Å². The normalized spacial score (nSPS) is 0. The molecule has 0 aromatic rings. The molecule has 0 amide bonds. The minimum absolute atomic E-state index is 0. The third-order valence-electron chi connectivity index (χ3n) is 0. The Hall–Kier alpha value is 1.09. The Morgan fingerprint density at radius 2 is 0.250 bits per heavy atom. The highest BCUT2D eigenvalue weighted by molar-refractivity contribution is 6.92. The smallest absolute Gasteiger partial charge is 0.153 e. The van der Waals surface area contributed by atoms with Gasteiger partial charge in [0.25, 0.3) is 0 Å². The average molecular weight is 187 g/mol. The highest BCUT2D eigenvalue weighted by atomic mass is 31.0. The number of hydrogen-bond donors (Lipinski definition) is 5. The van der Waals surface area contributed by atoms with Crippen LogP contribution in [0.3, 0.4) is 0 Å². The first kappa shape index (κ1) is 501. The van der Waals surface area contributed by atoms with Gasteiger partial charge in [-0.15, -0.1) is 0 Å². The Kier molecular flexibility index (Phi) is 21400. The van der Waals surface area contributed by atoms with E-state index in [4.69, 9.17) is 0 Å². The molecule has 0 rings (SSSR count). The maximum atomic E-state index is 0. The highest BCUT2D eigenvalue weighted by Gasteiger charge is -0.151. The van der Waals surface area contributed by atoms with Crippen molar-refractivity contribution in [3.8, 4) is 0 Å². The first-order chi connectivity index (χ1) is 0. The Bertz CT molecular complexity index is 7.64. The van der Waals surface area contributed by atoms with Crippen molar-refractivity contribution in [2.24, 2.45) is 0 Å². The second kappa shape index (κ2) is 342. The van der Waals surface area contributed by atoms with E-state index in [1.165, 1.54) is 0 Å². The minimum atomic E-state index is 0. The van der Waals surface area contributed by atoms with Gasteiger partial charge in [0.15, 0.2) is 0 Å². The van der Waals surface area contributed by atoms with E-state index >= 15 is 0 Å². The van der Waals surface area contributed by atoms with E-state index in [9.17, 15) is 0 Å². The largest absolute Gasteiger partial charge is 0.344 e. The van der Waals surface area contributed by atoms with Gasteiger partial charge < -0.3 is 30.8 Å². The van der Waals surface area contributed by atoms with E-state index in [-0.39, 0.29) is 60.4 Å². The highest BCUT2D eigenvalue weighted by Crippen LogP contribution is 0.863. The van der Waals surface area contributed by atoms with E-state index in [1.807, 2.05) is 0 Å². The van der Waals surface area contributed by atoms with Crippen LogP contribution in [0, 0.1) is 0 Å². The van der Waals surface area contributed by atoms with Crippen LogP contribution in [0.4, 0.5) is 0 Å². The zero-order valence-corrected chi connectivity index (χ0v) is 9.90. The molecule has 0 aromatic carbocycles. The summed E-state index contributed by atoms with van der Waals surface area (Å²) >= 11 is 0. The first-order valence-corrected chi connectivity index (χ1v) is 0. The lowest BCUT2D eigenvalue weighted by Gasteiger charge is -0.345. The molecule has 8 heavy (non-hydrogen) atoms. The molecule has 0 aliphatic rings. The zero-order valence-electron chi connectivity index (χ0n) is 5.66. The van der Waals surface area contributed by atoms with Crippen molar-refractivity contribution in [3.63, 3.8) is 0 Å². The Morgan fingerprint density at radius 3 is 0.250 bits per heavy atom. The molecule has 3 unspecified atom stereocenters. The lowest BCUT2D eigenvalue weighted by molar-refractivity contribution is 2.13. The van der Waals surface area contributed by atoms with Crippen LogP contribution in [0.1, 0.15) is 0 Å². The molecule has 0 saturated heterocycles. The molecule has 0 heterocycles. The molecule has 0 spiro atoms. The molecular weight excluding hydrogens is 163 g/mol. The van der Waals surface area contributed by atoms with Crippen LogP contribution in [0.25, 0.3) is 0 Å². The molecule has 0 aliphatic heterocycles. The fourth-order valence-electron chi connectivity index (χ4n) is 0. The molecule has 5 nitrogen and oxygen atoms in total. The topological polar surface area (TPSA) is 175 Å². The molecule has 0 aromatic heterocycles. The van der Waals surface area contributed by atoms with Gasteiger partial charge in [-0.05, 0) is 0 Å². The van der Waals surface area contributed by atoms with Crippen LogP contribution in [-0.4, -0.2) is 0 Å². The summed E-state index contributed by atoms with van der Waals surface area (Å²) in [5, 5.41) is 0. The SMILES string of the molecule is N.N.N.N.N.P.P.P. The van der Waals surface area contributed by atoms with Crippen LogP contribution in [0.2, 0.25) is 0 Å². The molecule has 0 aliphatic carbocycles. The van der Waals surface area contributed by atoms with Crippen molar-refractivity contribution in [3.05, 3.63) is 0 Å². The predicted octanol–water partition coefficient (Wildman–Crippen LogP) is 0.984. The van der Waals surface area contributed by atoms with Crippen LogP contribution in [0.15, 0.2) is 0 Å². The Balaban J connectivity index is 0. The summed E-state index contributed by atoms with van der Waals surface area (Å²) in [6.45, 7) is 0. The van der Waals surface area contributed by atoms with Gasteiger partial charge in [-0.3, -0.25) is 0 Å². The van der Waals surface area contributed by atoms with Crippen molar-refractivity contribution < 1.29 is 0 Å². The summed E-state index contributed by atoms with van der Waals surface area (Å²) in [6, 6.07) is 0. The summed E-state index contributed by atoms with van der Waals surface area (Å²) in [7, 11) is 0. The van der Waals surface area contributed by atoms with Crippen molar-refractivity contribution in [2.75, 3.05) is 0 Å². The maximum absolute atomic E-state index is 0. The molecule has 3 atom stereocenters. The monoisotopic (exact) mass is 187 g/mol. The van der Waals surface area contributed by atoms with Gasteiger partial charge in [-0.1, -0.05) is 0 Å². The molecule has 0 saturated carbocycles. The second-order valence-electron chi connectivity index (χ2n) is 0. The number of hydrogen-bond acceptors (Lipinski definition) is 5. The van der Waals surface area contributed by atoms with Crippen LogP contribution < -0.4 is 30.8 Å². The molecular formula is H24N5P3. The third kappa shape index (κ3) is 221. The molecule has 0 radical (unpaired) electrons. The summed E-state index contributed by atoms with van der Waals surface area (Å²) < 4.78 is 0. The molecule has 0 bridgehead atoms. The lowest BCUT2D eigenvalue weighted by Crippen LogP contribution is -0.482. The zero-order chi connectivity index (χ0) is 0. The Labute approximate surface area is 61.3 Å². The van der Waals surface area contributed by atoms with Crippen molar-refractivity contribution >= 4 is 29.7 Å². The van der Waals surface area contributed by atoms with Gasteiger partial charge in [0.05, 0.1) is 0 Å². The van der Waals surface area contributed by atoms with Crippen LogP contribution in [0.5, 0.6) is 0 Å². The van der Waals surface area contributed by atoms with Crippen LogP contribution in [-0.2, 0) is 0 Å². The minimum Gasteiger partial charge on any atom is -0.344 e. The van der Waals surface area contributed by atoms with E-state index in [2.05, 4.69) is 0 Å². The fraction of sp³-hybridized carbons (Fsp3) is 0. The van der Waals surface area contributed by atoms with Gasteiger partial charge in [0.2, 0.25) is 0 Å². The third-order valence-corrected chi connectivity index (χ3v) is 0. The molecule has 64 valence electrons. The second-order valence-corrected chi connectivity index (χ2v) is 0. The first-order valence-electron chi connectivity index (χ1n) is 0. The van der Waals surface area contributed by atoms with Crippen molar-refractivity contribution in [2.45, 2.75) is 0 Å². The van der Waals surface area contributed by atoms with Gasteiger partial charge >= 0.3 is 0 Å². The average Bonchev–Trinajstić information content (AvgIpc) is 0. The lowest BCUT2D eigenvalue weighted by atomic mass is 14.0. The summed E-state index contributed by atoms with van der Waals surface area (Å²) in [6.07, 6.45) is 0. The molecule has 0 fully saturated rings. The van der Waals surface area contributed by atoms with E-state index < -0.39 is 0 Å². The fourth-order valence-corrected chi connectivity index (χ4v) is 0. The summed E-state index contributed by atoms with van der Waals surface area (Å²) in [5.41, 5.74) is 0. The predicted molar refractivity (Wildman–Crippen MR) is 58.4 cm³/mol. The van der Waals surface area contributed by atoms with E-state index in [0.717, 1.165) is 0 Å². The van der Waals surface area contributed by atoms with Gasteiger partial charge in [0.1, 0.15) is 0 Å². The van der Waals surface area contributed by atoms with E-state index in [0.29, 0.717) is 0 Å². The van der Waals surface area contributed by atoms with Crippen molar-refractivity contribution in [1.82, 2.24) is 30.8 Å². The van der Waals surface area contributed by atoms with Crippen LogP contribution >= 0.6 is 29.7 Å². The van der Waals surface area contributed by atoms with E-state index in [1.54, 1.807) is 0 Å². The standard InChI is InChI=1S/5H3N.3H3P/h8*1H3. The molecule has 15 N–H and O–H groups in total. The molecule has 8 heteroatoms. The van der Waals surface area contributed by atoms with Gasteiger partial charge in [-0.25, -0.2) is 0 Å². The summed E-state index contributed by atoms with van der Waals surface area (Å²) in [5.74, 6) is 0.